The van der Waals surface area contributed by atoms with Gasteiger partial charge in [0.05, 0.1) is 0 Å². The van der Waals surface area contributed by atoms with E-state index in [0.717, 1.165) is 6.54 Å². The van der Waals surface area contributed by atoms with Crippen LogP contribution in [0.4, 0.5) is 0 Å². The van der Waals surface area contributed by atoms with Crippen molar-refractivity contribution in [2.45, 2.75) is 32.7 Å². The lowest BCUT2D eigenvalue weighted by atomic mass is 10.1. The summed E-state index contributed by atoms with van der Waals surface area (Å²) in [6.45, 7) is 5.51. The molecule has 1 unspecified atom stereocenters. The molecule has 0 heterocycles. The zero-order chi connectivity index (χ0) is 11.8. The molecule has 0 aliphatic heterocycles. The number of rotatable bonds is 7. The Morgan fingerprint density at radius 2 is 2.12 bits per heavy atom. The van der Waals surface area contributed by atoms with E-state index in [1.165, 1.54) is 29.7 Å². The maximum Gasteiger partial charge on any atom is 0.0291 e. The molecule has 0 spiro atoms. The second kappa shape index (κ2) is 7.75. The van der Waals surface area contributed by atoms with Gasteiger partial charge in [0.1, 0.15) is 0 Å². The molecule has 1 rings (SSSR count). The maximum absolute atomic E-state index is 3.58. The molecule has 0 aliphatic rings. The van der Waals surface area contributed by atoms with Crippen molar-refractivity contribution in [3.05, 3.63) is 35.4 Å². The Morgan fingerprint density at radius 1 is 1.31 bits per heavy atom. The van der Waals surface area contributed by atoms with Crippen molar-refractivity contribution in [1.82, 2.24) is 5.32 Å². The van der Waals surface area contributed by atoms with Gasteiger partial charge in [-0.2, -0.15) is 11.8 Å². The van der Waals surface area contributed by atoms with Crippen molar-refractivity contribution in [3.63, 3.8) is 0 Å². The second-order valence-corrected chi connectivity index (χ2v) is 5.28. The second-order valence-electron chi connectivity index (χ2n) is 4.29. The van der Waals surface area contributed by atoms with Gasteiger partial charge in [-0.05, 0) is 50.8 Å². The SMILES string of the molecule is CSCCCCNC(C)c1cccc(C)c1. The van der Waals surface area contributed by atoms with E-state index < -0.39 is 0 Å². The van der Waals surface area contributed by atoms with Crippen molar-refractivity contribution in [2.75, 3.05) is 18.6 Å². The molecule has 0 aromatic heterocycles. The van der Waals surface area contributed by atoms with Crippen molar-refractivity contribution >= 4 is 11.8 Å². The zero-order valence-corrected chi connectivity index (χ0v) is 11.4. The minimum Gasteiger partial charge on any atom is -0.310 e. The summed E-state index contributed by atoms with van der Waals surface area (Å²) in [6, 6.07) is 9.21. The summed E-state index contributed by atoms with van der Waals surface area (Å²) < 4.78 is 0. The first-order chi connectivity index (χ1) is 7.74. The summed E-state index contributed by atoms with van der Waals surface area (Å²) in [6.07, 6.45) is 4.76. The predicted octanol–water partition coefficient (Wildman–Crippen LogP) is 3.79. The third kappa shape index (κ3) is 5.04. The summed E-state index contributed by atoms with van der Waals surface area (Å²) in [7, 11) is 0. The average Bonchev–Trinajstić information content (AvgIpc) is 2.28. The van der Waals surface area contributed by atoms with Gasteiger partial charge in [-0.15, -0.1) is 0 Å². The van der Waals surface area contributed by atoms with Crippen LogP contribution in [0, 0.1) is 6.92 Å². The summed E-state index contributed by atoms with van der Waals surface area (Å²) in [5, 5.41) is 3.58. The highest BCUT2D eigenvalue weighted by atomic mass is 32.2. The summed E-state index contributed by atoms with van der Waals surface area (Å²) in [4.78, 5) is 0. The van der Waals surface area contributed by atoms with Crippen LogP contribution in [0.25, 0.3) is 0 Å². The lowest BCUT2D eigenvalue weighted by Crippen LogP contribution is -2.19. The topological polar surface area (TPSA) is 12.0 Å². The van der Waals surface area contributed by atoms with Crippen LogP contribution in [0.5, 0.6) is 0 Å². The Balaban J connectivity index is 2.27. The standard InChI is InChI=1S/C14H23NS/c1-12-7-6-8-14(11-12)13(2)15-9-4-5-10-16-3/h6-8,11,13,15H,4-5,9-10H2,1-3H3. The summed E-state index contributed by atoms with van der Waals surface area (Å²) in [5.41, 5.74) is 2.73. The van der Waals surface area contributed by atoms with Gasteiger partial charge in [0.2, 0.25) is 0 Å². The van der Waals surface area contributed by atoms with E-state index >= 15 is 0 Å². The van der Waals surface area contributed by atoms with Crippen molar-refractivity contribution in [2.24, 2.45) is 0 Å². The number of nitrogens with one attached hydrogen (secondary N) is 1. The van der Waals surface area contributed by atoms with Crippen LogP contribution in [-0.4, -0.2) is 18.6 Å². The molecule has 90 valence electrons. The molecule has 1 atom stereocenters. The normalized spacial score (nSPS) is 12.7. The van der Waals surface area contributed by atoms with Crippen LogP contribution in [0.1, 0.15) is 36.9 Å². The van der Waals surface area contributed by atoms with Crippen LogP contribution in [-0.2, 0) is 0 Å². The highest BCUT2D eigenvalue weighted by Gasteiger charge is 2.03. The lowest BCUT2D eigenvalue weighted by molar-refractivity contribution is 0.555. The highest BCUT2D eigenvalue weighted by Crippen LogP contribution is 2.13. The lowest BCUT2D eigenvalue weighted by Gasteiger charge is -2.14. The largest absolute Gasteiger partial charge is 0.310 e. The number of benzene rings is 1. The zero-order valence-electron chi connectivity index (χ0n) is 10.6. The Bertz CT molecular complexity index is 299. The van der Waals surface area contributed by atoms with E-state index in [-0.39, 0.29) is 0 Å². The third-order valence-electron chi connectivity index (χ3n) is 2.77. The van der Waals surface area contributed by atoms with Crippen LogP contribution < -0.4 is 5.32 Å². The fraction of sp³-hybridized carbons (Fsp3) is 0.571. The maximum atomic E-state index is 3.58. The molecule has 0 bridgehead atoms. The predicted molar refractivity (Wildman–Crippen MR) is 75.2 cm³/mol. The van der Waals surface area contributed by atoms with Crippen LogP contribution in [0.2, 0.25) is 0 Å². The molecule has 0 radical (unpaired) electrons. The fourth-order valence-corrected chi connectivity index (χ4v) is 2.24. The number of aryl methyl sites for hydroxylation is 1. The fourth-order valence-electron chi connectivity index (χ4n) is 1.75. The van der Waals surface area contributed by atoms with Crippen LogP contribution in [0.15, 0.2) is 24.3 Å². The van der Waals surface area contributed by atoms with Gasteiger partial charge < -0.3 is 5.32 Å². The van der Waals surface area contributed by atoms with Gasteiger partial charge in [0.15, 0.2) is 0 Å². The molecule has 0 saturated heterocycles. The molecular formula is C14H23NS. The highest BCUT2D eigenvalue weighted by molar-refractivity contribution is 7.98. The molecule has 1 aromatic rings. The van der Waals surface area contributed by atoms with E-state index in [1.54, 1.807) is 0 Å². The first kappa shape index (κ1) is 13.6. The van der Waals surface area contributed by atoms with Crippen molar-refractivity contribution in [3.8, 4) is 0 Å². The Labute approximate surface area is 104 Å². The van der Waals surface area contributed by atoms with Gasteiger partial charge in [0.25, 0.3) is 0 Å². The average molecular weight is 237 g/mol. The summed E-state index contributed by atoms with van der Waals surface area (Å²) >= 11 is 1.93. The molecule has 0 saturated carbocycles. The molecule has 1 nitrogen and oxygen atoms in total. The van der Waals surface area contributed by atoms with E-state index in [2.05, 4.69) is 49.7 Å². The van der Waals surface area contributed by atoms with E-state index in [0.29, 0.717) is 6.04 Å². The monoisotopic (exact) mass is 237 g/mol. The molecule has 16 heavy (non-hydrogen) atoms. The number of hydrogen-bond donors (Lipinski definition) is 1. The molecule has 1 aromatic carbocycles. The van der Waals surface area contributed by atoms with E-state index in [9.17, 15) is 0 Å². The minimum absolute atomic E-state index is 0.467. The minimum atomic E-state index is 0.467. The Kier molecular flexibility index (Phi) is 6.58. The molecule has 0 fully saturated rings. The van der Waals surface area contributed by atoms with Crippen LogP contribution in [0.3, 0.4) is 0 Å². The van der Waals surface area contributed by atoms with E-state index in [1.807, 2.05) is 11.8 Å². The smallest absolute Gasteiger partial charge is 0.0291 e. The van der Waals surface area contributed by atoms with Gasteiger partial charge in [-0.3, -0.25) is 0 Å². The molecular weight excluding hydrogens is 214 g/mol. The third-order valence-corrected chi connectivity index (χ3v) is 3.46. The Morgan fingerprint density at radius 3 is 2.81 bits per heavy atom. The number of unbranched alkanes of at least 4 members (excludes halogenated alkanes) is 1. The molecule has 2 heteroatoms. The van der Waals surface area contributed by atoms with Gasteiger partial charge >= 0.3 is 0 Å². The quantitative estimate of drug-likeness (QED) is 0.724. The Hall–Kier alpha value is -0.470. The first-order valence-electron chi connectivity index (χ1n) is 6.03. The molecule has 0 amide bonds. The number of thioether (sulfide) groups is 1. The molecule has 0 aliphatic carbocycles. The van der Waals surface area contributed by atoms with Crippen LogP contribution >= 0.6 is 11.8 Å². The van der Waals surface area contributed by atoms with E-state index in [4.69, 9.17) is 0 Å². The first-order valence-corrected chi connectivity index (χ1v) is 7.42. The molecule has 1 N–H and O–H groups in total. The van der Waals surface area contributed by atoms with Gasteiger partial charge in [-0.1, -0.05) is 29.8 Å². The van der Waals surface area contributed by atoms with Gasteiger partial charge in [-0.25, -0.2) is 0 Å². The van der Waals surface area contributed by atoms with Crippen molar-refractivity contribution in [1.29, 1.82) is 0 Å². The number of hydrogen-bond acceptors (Lipinski definition) is 2. The summed E-state index contributed by atoms with van der Waals surface area (Å²) in [5.74, 6) is 1.28. The van der Waals surface area contributed by atoms with Crippen molar-refractivity contribution < 1.29 is 0 Å². The van der Waals surface area contributed by atoms with Gasteiger partial charge in [0, 0.05) is 6.04 Å².